The van der Waals surface area contributed by atoms with Crippen molar-refractivity contribution in [1.29, 1.82) is 0 Å². The lowest BCUT2D eigenvalue weighted by Gasteiger charge is -2.54. The van der Waals surface area contributed by atoms with E-state index in [1.54, 1.807) is 26.6 Å². The van der Waals surface area contributed by atoms with E-state index >= 15 is 0 Å². The molecule has 2 saturated heterocycles. The first-order chi connectivity index (χ1) is 18.5. The van der Waals surface area contributed by atoms with Crippen molar-refractivity contribution < 1.29 is 9.30 Å². The number of halogens is 1. The van der Waals surface area contributed by atoms with Gasteiger partial charge in [-0.05, 0) is 94.9 Å². The third-order valence-corrected chi connectivity index (χ3v) is 9.82. The lowest BCUT2D eigenvalue weighted by atomic mass is 9.72. The Morgan fingerprint density at radius 3 is 2.33 bits per heavy atom. The molecule has 0 atom stereocenters. The Labute approximate surface area is 236 Å². The summed E-state index contributed by atoms with van der Waals surface area (Å²) in [5, 5.41) is 11.2. The van der Waals surface area contributed by atoms with E-state index < -0.39 is 7.14 Å². The molecule has 0 bridgehead atoms. The largest absolute Gasteiger partial charge is 0.494 e. The molecule has 2 aliphatic rings. The number of aromatic nitrogens is 2. The predicted molar refractivity (Wildman–Crippen MR) is 163 cm³/mol. The van der Waals surface area contributed by atoms with Crippen LogP contribution in [0.25, 0.3) is 0 Å². The van der Waals surface area contributed by atoms with Crippen LogP contribution in [0.15, 0.2) is 30.5 Å². The van der Waals surface area contributed by atoms with Gasteiger partial charge in [-0.3, -0.25) is 0 Å². The Bertz CT molecular complexity index is 1440. The monoisotopic (exact) mass is 568 g/mol. The summed E-state index contributed by atoms with van der Waals surface area (Å²) in [6.45, 7) is 14.1. The molecule has 8 nitrogen and oxygen atoms in total. The molecule has 3 N–H and O–H groups in total. The zero-order valence-corrected chi connectivity index (χ0v) is 25.3. The summed E-state index contributed by atoms with van der Waals surface area (Å²) in [6, 6.07) is 8.15. The Balaban J connectivity index is 1.39. The molecular formula is C29H38ClN6O2P. The Morgan fingerprint density at radius 2 is 1.67 bits per heavy atom. The summed E-state index contributed by atoms with van der Waals surface area (Å²) in [4.78, 5) is 11.5. The number of aryl methyl sites for hydroxylation is 3. The molecule has 1 aromatic heterocycles. The van der Waals surface area contributed by atoms with Gasteiger partial charge in [-0.2, -0.15) is 4.98 Å². The molecule has 0 unspecified atom stereocenters. The average Bonchev–Trinajstić information content (AvgIpc) is 2.86. The lowest BCUT2D eigenvalue weighted by molar-refractivity contribution is 0.150. The summed E-state index contributed by atoms with van der Waals surface area (Å²) in [5.74, 6) is 1.54. The zero-order chi connectivity index (χ0) is 27.9. The number of methoxy groups -OCH3 is 1. The van der Waals surface area contributed by atoms with Crippen molar-refractivity contribution in [3.63, 3.8) is 0 Å². The second-order valence-corrected chi connectivity index (χ2v) is 15.0. The molecule has 39 heavy (non-hydrogen) atoms. The molecule has 3 heterocycles. The zero-order valence-electron chi connectivity index (χ0n) is 23.6. The molecule has 0 aliphatic carbocycles. The van der Waals surface area contributed by atoms with Crippen LogP contribution in [0, 0.1) is 26.2 Å². The second kappa shape index (κ2) is 10.6. The van der Waals surface area contributed by atoms with E-state index in [1.807, 2.05) is 26.0 Å². The van der Waals surface area contributed by atoms with E-state index in [1.165, 1.54) is 18.5 Å². The maximum absolute atomic E-state index is 13.0. The number of nitrogens with zero attached hydrogens (tertiary/aromatic N) is 3. The molecule has 10 heteroatoms. The fourth-order valence-electron chi connectivity index (χ4n) is 5.60. The van der Waals surface area contributed by atoms with Gasteiger partial charge in [-0.1, -0.05) is 11.6 Å². The van der Waals surface area contributed by atoms with Crippen molar-refractivity contribution in [1.82, 2.24) is 15.3 Å². The number of benzene rings is 2. The first kappa shape index (κ1) is 27.8. The van der Waals surface area contributed by atoms with Gasteiger partial charge in [0.05, 0.1) is 24.7 Å². The van der Waals surface area contributed by atoms with Crippen LogP contribution in [-0.2, 0) is 4.57 Å². The molecule has 3 aromatic rings. The Morgan fingerprint density at radius 1 is 1.00 bits per heavy atom. The summed E-state index contributed by atoms with van der Waals surface area (Å²) in [7, 11) is -0.872. The van der Waals surface area contributed by atoms with Crippen LogP contribution in [0.1, 0.15) is 29.5 Å². The van der Waals surface area contributed by atoms with Crippen molar-refractivity contribution in [2.75, 3.05) is 62.2 Å². The summed E-state index contributed by atoms with van der Waals surface area (Å²) >= 11 is 6.49. The normalized spacial score (nSPS) is 16.6. The number of rotatable bonds is 7. The molecule has 0 saturated carbocycles. The Kier molecular flexibility index (Phi) is 7.57. The highest BCUT2D eigenvalue weighted by atomic mass is 35.5. The summed E-state index contributed by atoms with van der Waals surface area (Å²) in [6.07, 6.45) is 4.03. The van der Waals surface area contributed by atoms with Crippen LogP contribution < -0.4 is 30.9 Å². The maximum atomic E-state index is 13.0. The molecule has 2 aliphatic heterocycles. The topological polar surface area (TPSA) is 91.4 Å². The van der Waals surface area contributed by atoms with Gasteiger partial charge in [0.2, 0.25) is 5.95 Å². The molecule has 2 fully saturated rings. The van der Waals surface area contributed by atoms with Gasteiger partial charge in [0, 0.05) is 35.6 Å². The minimum atomic E-state index is -2.55. The van der Waals surface area contributed by atoms with Gasteiger partial charge in [0.1, 0.15) is 17.9 Å². The molecular weight excluding hydrogens is 531 g/mol. The third kappa shape index (κ3) is 5.74. The van der Waals surface area contributed by atoms with Gasteiger partial charge in [-0.15, -0.1) is 0 Å². The van der Waals surface area contributed by atoms with Crippen LogP contribution in [0.3, 0.4) is 0 Å². The number of anilines is 5. The van der Waals surface area contributed by atoms with Gasteiger partial charge < -0.3 is 30.2 Å². The molecule has 2 aromatic carbocycles. The summed E-state index contributed by atoms with van der Waals surface area (Å²) < 4.78 is 18.8. The van der Waals surface area contributed by atoms with Crippen LogP contribution >= 0.6 is 18.7 Å². The number of ether oxygens (including phenoxy) is 1. The number of nitrogens with one attached hydrogen (secondary N) is 3. The highest BCUT2D eigenvalue weighted by Gasteiger charge is 2.43. The fraction of sp³-hybridized carbons (Fsp3) is 0.448. The smallest absolute Gasteiger partial charge is 0.229 e. The number of hydrogen-bond donors (Lipinski definition) is 3. The first-order valence-corrected chi connectivity index (χ1v) is 16.3. The van der Waals surface area contributed by atoms with Gasteiger partial charge in [0.25, 0.3) is 0 Å². The third-order valence-electron chi connectivity index (χ3n) is 8.01. The van der Waals surface area contributed by atoms with Crippen LogP contribution in [0.4, 0.5) is 28.8 Å². The van der Waals surface area contributed by atoms with Crippen molar-refractivity contribution in [3.05, 3.63) is 52.2 Å². The van der Waals surface area contributed by atoms with Crippen LogP contribution in [0.5, 0.6) is 5.75 Å². The van der Waals surface area contributed by atoms with Crippen molar-refractivity contribution in [3.8, 4) is 5.75 Å². The van der Waals surface area contributed by atoms with Gasteiger partial charge in [-0.25, -0.2) is 4.98 Å². The van der Waals surface area contributed by atoms with Crippen LogP contribution in [0.2, 0.25) is 5.02 Å². The Hall–Kier alpha value is -2.80. The summed E-state index contributed by atoms with van der Waals surface area (Å²) in [5.41, 5.74) is 6.50. The average molecular weight is 569 g/mol. The SMILES string of the molecule is COc1cc(N2CC3(CCNCC3)C2)c(C)cc1Nc1ncc(Cl)c(Nc2cc(C)c(C)cc2P(C)(C)=O)n1. The van der Waals surface area contributed by atoms with Gasteiger partial charge >= 0.3 is 0 Å². The highest BCUT2D eigenvalue weighted by molar-refractivity contribution is 7.70. The van der Waals surface area contributed by atoms with E-state index in [0.29, 0.717) is 22.2 Å². The lowest BCUT2D eigenvalue weighted by Crippen LogP contribution is -2.60. The first-order valence-electron chi connectivity index (χ1n) is 13.4. The van der Waals surface area contributed by atoms with Crippen molar-refractivity contribution >= 4 is 52.9 Å². The number of piperidine rings is 1. The van der Waals surface area contributed by atoms with Crippen molar-refractivity contribution in [2.24, 2.45) is 5.41 Å². The molecule has 208 valence electrons. The van der Waals surface area contributed by atoms with E-state index in [9.17, 15) is 4.57 Å². The predicted octanol–water partition coefficient (Wildman–Crippen LogP) is 5.99. The van der Waals surface area contributed by atoms with Crippen LogP contribution in [-0.4, -0.2) is 56.6 Å². The van der Waals surface area contributed by atoms with Crippen molar-refractivity contribution in [2.45, 2.75) is 33.6 Å². The quantitative estimate of drug-likeness (QED) is 0.299. The molecule has 0 amide bonds. The number of hydrogen-bond acceptors (Lipinski definition) is 8. The van der Waals surface area contributed by atoms with E-state index in [0.717, 1.165) is 65.3 Å². The minimum Gasteiger partial charge on any atom is -0.494 e. The van der Waals surface area contributed by atoms with E-state index in [4.69, 9.17) is 16.3 Å². The second-order valence-electron chi connectivity index (χ2n) is 11.4. The minimum absolute atomic E-state index is 0.370. The standard InChI is InChI=1S/C29H38ClN6O2P/c1-18-11-23(26(13-19(18)2)39(5,6)37)33-27-21(30)15-32-28(35-27)34-22-12-20(3)24(14-25(22)38-4)36-16-29(17-36)7-9-31-10-8-29/h11-15,31H,7-10,16-17H2,1-6H3,(H2,32,33,34,35). The fourth-order valence-corrected chi connectivity index (χ4v) is 6.94. The van der Waals surface area contributed by atoms with E-state index in [-0.39, 0.29) is 0 Å². The molecule has 5 rings (SSSR count). The highest BCUT2D eigenvalue weighted by Crippen LogP contribution is 2.44. The molecule has 0 radical (unpaired) electrons. The molecule has 1 spiro atoms. The van der Waals surface area contributed by atoms with E-state index in [2.05, 4.69) is 49.9 Å². The van der Waals surface area contributed by atoms with Gasteiger partial charge in [0.15, 0.2) is 5.82 Å². The maximum Gasteiger partial charge on any atom is 0.229 e.